The maximum atomic E-state index is 12.0. The van der Waals surface area contributed by atoms with E-state index in [-0.39, 0.29) is 11.8 Å². The predicted molar refractivity (Wildman–Crippen MR) is 79.6 cm³/mol. The standard InChI is InChI=1S/C15H18N4O2/c1-3-16-14(20)10(2)17-15(21)13-9-12(18-19-13)11-7-5-4-6-8-11/h4-10H,3H2,1-2H3,(H,16,20)(H,17,21)(H,18,19)/t10-/m0/s1. The van der Waals surface area contributed by atoms with Crippen molar-refractivity contribution >= 4 is 11.8 Å². The van der Waals surface area contributed by atoms with Crippen molar-refractivity contribution < 1.29 is 9.59 Å². The van der Waals surface area contributed by atoms with Crippen LogP contribution >= 0.6 is 0 Å². The third-order valence-corrected chi connectivity index (χ3v) is 2.98. The van der Waals surface area contributed by atoms with Gasteiger partial charge < -0.3 is 10.6 Å². The van der Waals surface area contributed by atoms with Crippen LogP contribution in [0.5, 0.6) is 0 Å². The molecule has 2 aromatic rings. The van der Waals surface area contributed by atoms with Gasteiger partial charge in [0.05, 0.1) is 5.69 Å². The lowest BCUT2D eigenvalue weighted by atomic mass is 10.1. The number of hydrogen-bond acceptors (Lipinski definition) is 3. The van der Waals surface area contributed by atoms with Crippen LogP contribution in [0.4, 0.5) is 0 Å². The number of likely N-dealkylation sites (N-methyl/N-ethyl adjacent to an activating group) is 1. The molecule has 1 heterocycles. The van der Waals surface area contributed by atoms with Gasteiger partial charge in [-0.3, -0.25) is 14.7 Å². The van der Waals surface area contributed by atoms with Crippen molar-refractivity contribution in [2.75, 3.05) is 6.54 Å². The summed E-state index contributed by atoms with van der Waals surface area (Å²) in [6, 6.07) is 10.6. The van der Waals surface area contributed by atoms with E-state index >= 15 is 0 Å². The van der Waals surface area contributed by atoms with Crippen molar-refractivity contribution in [1.82, 2.24) is 20.8 Å². The Morgan fingerprint density at radius 1 is 1.29 bits per heavy atom. The molecule has 1 aromatic carbocycles. The first-order chi connectivity index (χ1) is 10.1. The molecular formula is C15H18N4O2. The summed E-state index contributed by atoms with van der Waals surface area (Å²) in [6.07, 6.45) is 0. The lowest BCUT2D eigenvalue weighted by molar-refractivity contribution is -0.122. The van der Waals surface area contributed by atoms with Gasteiger partial charge in [-0.25, -0.2) is 0 Å². The summed E-state index contributed by atoms with van der Waals surface area (Å²) >= 11 is 0. The molecule has 6 nitrogen and oxygen atoms in total. The molecule has 2 rings (SSSR count). The molecule has 0 aliphatic rings. The fraction of sp³-hybridized carbons (Fsp3) is 0.267. The molecule has 0 aliphatic carbocycles. The van der Waals surface area contributed by atoms with E-state index in [2.05, 4.69) is 20.8 Å². The van der Waals surface area contributed by atoms with E-state index in [1.165, 1.54) is 0 Å². The molecule has 1 atom stereocenters. The molecule has 6 heteroatoms. The lowest BCUT2D eigenvalue weighted by Gasteiger charge is -2.12. The number of aromatic amines is 1. The molecule has 2 amide bonds. The number of amides is 2. The average Bonchev–Trinajstić information content (AvgIpc) is 2.98. The van der Waals surface area contributed by atoms with Gasteiger partial charge in [-0.05, 0) is 19.9 Å². The zero-order valence-corrected chi connectivity index (χ0v) is 12.0. The van der Waals surface area contributed by atoms with Crippen LogP contribution in [-0.2, 0) is 4.79 Å². The molecule has 0 saturated carbocycles. The van der Waals surface area contributed by atoms with Crippen molar-refractivity contribution in [3.8, 4) is 11.3 Å². The summed E-state index contributed by atoms with van der Waals surface area (Å²) in [6.45, 7) is 3.99. The summed E-state index contributed by atoms with van der Waals surface area (Å²) < 4.78 is 0. The van der Waals surface area contributed by atoms with Gasteiger partial charge >= 0.3 is 0 Å². The van der Waals surface area contributed by atoms with Crippen LogP contribution < -0.4 is 10.6 Å². The molecule has 3 N–H and O–H groups in total. The number of carbonyl (C=O) groups excluding carboxylic acids is 2. The normalized spacial score (nSPS) is 11.7. The first-order valence-corrected chi connectivity index (χ1v) is 6.81. The average molecular weight is 286 g/mol. The van der Waals surface area contributed by atoms with E-state index in [0.29, 0.717) is 17.9 Å². The highest BCUT2D eigenvalue weighted by Crippen LogP contribution is 2.16. The van der Waals surface area contributed by atoms with Gasteiger partial charge in [0.25, 0.3) is 5.91 Å². The van der Waals surface area contributed by atoms with E-state index in [1.807, 2.05) is 37.3 Å². The number of benzene rings is 1. The van der Waals surface area contributed by atoms with Crippen molar-refractivity contribution in [3.63, 3.8) is 0 Å². The minimum atomic E-state index is -0.596. The van der Waals surface area contributed by atoms with Crippen LogP contribution in [0.2, 0.25) is 0 Å². The summed E-state index contributed by atoms with van der Waals surface area (Å²) in [5.41, 5.74) is 1.93. The van der Waals surface area contributed by atoms with E-state index in [1.54, 1.807) is 13.0 Å². The molecule has 0 spiro atoms. The quantitative estimate of drug-likeness (QED) is 0.775. The fourth-order valence-corrected chi connectivity index (χ4v) is 1.86. The van der Waals surface area contributed by atoms with Crippen LogP contribution in [0.25, 0.3) is 11.3 Å². The van der Waals surface area contributed by atoms with Gasteiger partial charge in [0, 0.05) is 12.1 Å². The summed E-state index contributed by atoms with van der Waals surface area (Å²) in [5, 5.41) is 12.1. The first-order valence-electron chi connectivity index (χ1n) is 6.81. The Hall–Kier alpha value is -2.63. The number of nitrogens with one attached hydrogen (secondary N) is 3. The Kier molecular flexibility index (Phi) is 4.71. The Labute approximate surface area is 122 Å². The maximum absolute atomic E-state index is 12.0. The van der Waals surface area contributed by atoms with Crippen LogP contribution in [0, 0.1) is 0 Å². The molecule has 1 aromatic heterocycles. The van der Waals surface area contributed by atoms with Gasteiger partial charge in [0.15, 0.2) is 0 Å². The lowest BCUT2D eigenvalue weighted by Crippen LogP contribution is -2.44. The van der Waals surface area contributed by atoms with Crippen LogP contribution in [0.1, 0.15) is 24.3 Å². The molecule has 0 radical (unpaired) electrons. The summed E-state index contributed by atoms with van der Waals surface area (Å²) in [7, 11) is 0. The zero-order chi connectivity index (χ0) is 15.2. The minimum absolute atomic E-state index is 0.214. The van der Waals surface area contributed by atoms with Crippen molar-refractivity contribution in [2.24, 2.45) is 0 Å². The molecule has 110 valence electrons. The van der Waals surface area contributed by atoms with Crippen molar-refractivity contribution in [3.05, 3.63) is 42.1 Å². The van der Waals surface area contributed by atoms with Gasteiger partial charge in [0.1, 0.15) is 11.7 Å². The number of hydrogen-bond donors (Lipinski definition) is 3. The summed E-state index contributed by atoms with van der Waals surface area (Å²) in [4.78, 5) is 23.6. The monoisotopic (exact) mass is 286 g/mol. The van der Waals surface area contributed by atoms with Crippen LogP contribution in [0.3, 0.4) is 0 Å². The first kappa shape index (κ1) is 14.8. The second-order valence-corrected chi connectivity index (χ2v) is 4.62. The van der Waals surface area contributed by atoms with Gasteiger partial charge in [0.2, 0.25) is 5.91 Å². The largest absolute Gasteiger partial charge is 0.355 e. The van der Waals surface area contributed by atoms with Gasteiger partial charge in [-0.1, -0.05) is 30.3 Å². The highest BCUT2D eigenvalue weighted by molar-refractivity contribution is 5.96. The zero-order valence-electron chi connectivity index (χ0n) is 12.0. The van der Waals surface area contributed by atoms with Crippen LogP contribution in [0.15, 0.2) is 36.4 Å². The highest BCUT2D eigenvalue weighted by atomic mass is 16.2. The number of aromatic nitrogens is 2. The van der Waals surface area contributed by atoms with E-state index < -0.39 is 6.04 Å². The molecule has 21 heavy (non-hydrogen) atoms. The molecular weight excluding hydrogens is 268 g/mol. The third kappa shape index (κ3) is 3.68. The Bertz CT molecular complexity index is 622. The Morgan fingerprint density at radius 3 is 2.67 bits per heavy atom. The second-order valence-electron chi connectivity index (χ2n) is 4.62. The molecule has 0 saturated heterocycles. The molecule has 0 fully saturated rings. The van der Waals surface area contributed by atoms with E-state index in [0.717, 1.165) is 5.56 Å². The highest BCUT2D eigenvalue weighted by Gasteiger charge is 2.17. The second kappa shape index (κ2) is 6.69. The molecule has 0 bridgehead atoms. The molecule has 0 unspecified atom stereocenters. The number of nitrogens with zero attached hydrogens (tertiary/aromatic N) is 1. The maximum Gasteiger partial charge on any atom is 0.269 e. The predicted octanol–water partition coefficient (Wildman–Crippen LogP) is 1.33. The van der Waals surface area contributed by atoms with Crippen molar-refractivity contribution in [2.45, 2.75) is 19.9 Å². The van der Waals surface area contributed by atoms with Crippen LogP contribution in [-0.4, -0.2) is 34.6 Å². The Balaban J connectivity index is 2.04. The van der Waals surface area contributed by atoms with E-state index in [4.69, 9.17) is 0 Å². The SMILES string of the molecule is CCNC(=O)[C@H](C)NC(=O)c1cc(-c2ccccc2)n[nH]1. The number of H-pyrrole nitrogens is 1. The topological polar surface area (TPSA) is 86.9 Å². The third-order valence-electron chi connectivity index (χ3n) is 2.98. The molecule has 0 aliphatic heterocycles. The van der Waals surface area contributed by atoms with Gasteiger partial charge in [-0.15, -0.1) is 0 Å². The van der Waals surface area contributed by atoms with Gasteiger partial charge in [-0.2, -0.15) is 5.10 Å². The smallest absolute Gasteiger partial charge is 0.269 e. The Morgan fingerprint density at radius 2 is 2.00 bits per heavy atom. The fourth-order valence-electron chi connectivity index (χ4n) is 1.86. The number of carbonyl (C=O) groups is 2. The van der Waals surface area contributed by atoms with Crippen molar-refractivity contribution in [1.29, 1.82) is 0 Å². The minimum Gasteiger partial charge on any atom is -0.355 e. The van der Waals surface area contributed by atoms with E-state index in [9.17, 15) is 9.59 Å². The summed E-state index contributed by atoms with van der Waals surface area (Å²) in [5.74, 6) is -0.572. The number of rotatable bonds is 5.